The quantitative estimate of drug-likeness (QED) is 0.696. The molecule has 3 aromatic rings. The number of nitrogens with zero attached hydrogens (tertiary/aromatic N) is 3. The van der Waals surface area contributed by atoms with Crippen LogP contribution < -0.4 is 0 Å². The molecule has 0 amide bonds. The molecule has 0 saturated carbocycles. The molecule has 0 radical (unpaired) electrons. The summed E-state index contributed by atoms with van der Waals surface area (Å²) in [6.07, 6.45) is 3.72. The maximum absolute atomic E-state index is 5.15. The zero-order valence-corrected chi connectivity index (χ0v) is 11.0. The molecule has 90 valence electrons. The van der Waals surface area contributed by atoms with Crippen LogP contribution in [0.2, 0.25) is 0 Å². The van der Waals surface area contributed by atoms with E-state index in [4.69, 9.17) is 4.52 Å². The first-order chi connectivity index (χ1) is 8.86. The number of alkyl halides is 1. The van der Waals surface area contributed by atoms with Crippen molar-refractivity contribution in [3.05, 3.63) is 54.6 Å². The van der Waals surface area contributed by atoms with E-state index in [1.165, 1.54) is 0 Å². The third kappa shape index (κ3) is 2.09. The van der Waals surface area contributed by atoms with E-state index in [0.29, 0.717) is 5.33 Å². The first-order valence-corrected chi connectivity index (χ1v) is 6.61. The van der Waals surface area contributed by atoms with E-state index in [0.717, 1.165) is 22.7 Å². The minimum Gasteiger partial charge on any atom is -0.360 e. The molecule has 0 atom stereocenters. The van der Waals surface area contributed by atoms with Crippen molar-refractivity contribution in [3.8, 4) is 16.9 Å². The summed E-state index contributed by atoms with van der Waals surface area (Å²) in [4.78, 5) is 0. The molecule has 1 aromatic carbocycles. The van der Waals surface area contributed by atoms with Gasteiger partial charge in [-0.2, -0.15) is 5.10 Å². The second-order valence-electron chi connectivity index (χ2n) is 3.82. The molecule has 0 saturated heterocycles. The molecule has 2 aromatic heterocycles. The Kier molecular flexibility index (Phi) is 2.98. The van der Waals surface area contributed by atoms with Gasteiger partial charge in [-0.25, -0.2) is 4.68 Å². The van der Waals surface area contributed by atoms with Crippen molar-refractivity contribution in [1.82, 2.24) is 14.9 Å². The number of benzene rings is 1. The van der Waals surface area contributed by atoms with Crippen molar-refractivity contribution in [2.75, 3.05) is 0 Å². The Morgan fingerprint density at radius 2 is 2.06 bits per heavy atom. The fourth-order valence-electron chi connectivity index (χ4n) is 1.69. The maximum atomic E-state index is 5.15. The number of halogens is 1. The highest BCUT2D eigenvalue weighted by Crippen LogP contribution is 2.20. The van der Waals surface area contributed by atoms with E-state index < -0.39 is 0 Å². The van der Waals surface area contributed by atoms with Gasteiger partial charge in [-0.15, -0.1) is 0 Å². The van der Waals surface area contributed by atoms with Crippen LogP contribution in [0.1, 0.15) is 5.76 Å². The predicted molar refractivity (Wildman–Crippen MR) is 71.7 cm³/mol. The third-order valence-electron chi connectivity index (χ3n) is 2.59. The molecule has 0 aliphatic carbocycles. The minimum atomic E-state index is 0.660. The van der Waals surface area contributed by atoms with Gasteiger partial charge in [0.2, 0.25) is 0 Å². The van der Waals surface area contributed by atoms with Gasteiger partial charge in [0.1, 0.15) is 11.5 Å². The summed E-state index contributed by atoms with van der Waals surface area (Å²) in [6.45, 7) is 0. The summed E-state index contributed by atoms with van der Waals surface area (Å²) in [6, 6.07) is 11.9. The molecule has 0 aliphatic heterocycles. The topological polar surface area (TPSA) is 43.9 Å². The smallest absolute Gasteiger partial charge is 0.147 e. The molecule has 5 heteroatoms. The van der Waals surface area contributed by atoms with Crippen molar-refractivity contribution in [2.24, 2.45) is 0 Å². The van der Waals surface area contributed by atoms with E-state index in [-0.39, 0.29) is 0 Å². The van der Waals surface area contributed by atoms with Crippen molar-refractivity contribution in [1.29, 1.82) is 0 Å². The van der Waals surface area contributed by atoms with Gasteiger partial charge in [-0.3, -0.25) is 0 Å². The van der Waals surface area contributed by atoms with Gasteiger partial charge in [0.25, 0.3) is 0 Å². The van der Waals surface area contributed by atoms with E-state index in [2.05, 4.69) is 26.2 Å². The van der Waals surface area contributed by atoms with Crippen LogP contribution in [0, 0.1) is 0 Å². The van der Waals surface area contributed by atoms with Crippen LogP contribution in [0.15, 0.2) is 53.3 Å². The number of para-hydroxylation sites is 1. The van der Waals surface area contributed by atoms with Crippen LogP contribution in [-0.2, 0) is 5.33 Å². The first-order valence-electron chi connectivity index (χ1n) is 5.49. The molecule has 0 fully saturated rings. The van der Waals surface area contributed by atoms with Gasteiger partial charge in [0.15, 0.2) is 0 Å². The van der Waals surface area contributed by atoms with Crippen molar-refractivity contribution >= 4 is 15.9 Å². The van der Waals surface area contributed by atoms with Gasteiger partial charge in [-0.05, 0) is 12.1 Å². The molecule has 18 heavy (non-hydrogen) atoms. The van der Waals surface area contributed by atoms with E-state index in [1.807, 2.05) is 47.3 Å². The molecule has 4 nitrogen and oxygen atoms in total. The third-order valence-corrected chi connectivity index (χ3v) is 3.14. The molecule has 0 spiro atoms. The second kappa shape index (κ2) is 4.78. The van der Waals surface area contributed by atoms with Crippen LogP contribution >= 0.6 is 15.9 Å². The average Bonchev–Trinajstić information content (AvgIpc) is 3.08. The molecule has 0 aliphatic rings. The summed E-state index contributed by atoms with van der Waals surface area (Å²) in [5, 5.41) is 8.99. The largest absolute Gasteiger partial charge is 0.360 e. The Labute approximate surface area is 112 Å². The van der Waals surface area contributed by atoms with E-state index in [9.17, 15) is 0 Å². The Balaban J connectivity index is 1.94. The highest BCUT2D eigenvalue weighted by atomic mass is 79.9. The van der Waals surface area contributed by atoms with Crippen LogP contribution in [0.4, 0.5) is 0 Å². The van der Waals surface area contributed by atoms with Gasteiger partial charge in [-0.1, -0.05) is 39.3 Å². The summed E-state index contributed by atoms with van der Waals surface area (Å²) >= 11 is 3.33. The molecule has 0 N–H and O–H groups in total. The van der Waals surface area contributed by atoms with Crippen LogP contribution in [0.3, 0.4) is 0 Å². The lowest BCUT2D eigenvalue weighted by Crippen LogP contribution is -1.92. The highest BCUT2D eigenvalue weighted by molar-refractivity contribution is 9.08. The zero-order chi connectivity index (χ0) is 12.4. The molecular weight excluding hydrogens is 294 g/mol. The lowest BCUT2D eigenvalue weighted by atomic mass is 10.2. The summed E-state index contributed by atoms with van der Waals surface area (Å²) in [7, 11) is 0. The summed E-state index contributed by atoms with van der Waals surface area (Å²) < 4.78 is 6.97. The number of hydrogen-bond donors (Lipinski definition) is 0. The monoisotopic (exact) mass is 303 g/mol. The Morgan fingerprint density at radius 3 is 2.78 bits per heavy atom. The Hall–Kier alpha value is -1.88. The van der Waals surface area contributed by atoms with E-state index >= 15 is 0 Å². The normalized spacial score (nSPS) is 10.7. The summed E-state index contributed by atoms with van der Waals surface area (Å²) in [5.41, 5.74) is 2.76. The van der Waals surface area contributed by atoms with Gasteiger partial charge in [0.05, 0.1) is 17.2 Å². The maximum Gasteiger partial charge on any atom is 0.147 e. The van der Waals surface area contributed by atoms with Crippen LogP contribution in [0.25, 0.3) is 16.9 Å². The van der Waals surface area contributed by atoms with Crippen molar-refractivity contribution < 1.29 is 4.52 Å². The van der Waals surface area contributed by atoms with Gasteiger partial charge >= 0.3 is 0 Å². The lowest BCUT2D eigenvalue weighted by molar-refractivity contribution is 0.398. The number of aromatic nitrogens is 3. The Bertz CT molecular complexity index is 645. The zero-order valence-electron chi connectivity index (χ0n) is 9.45. The summed E-state index contributed by atoms with van der Waals surface area (Å²) in [5.74, 6) is 0.803. The fraction of sp³-hybridized carbons (Fsp3) is 0.0769. The molecular formula is C13H10BrN3O. The standard InChI is InChI=1S/C13H10BrN3O/c14-7-12-6-13(16-18-12)10-8-15-17(9-10)11-4-2-1-3-5-11/h1-6,8-9H,7H2. The molecule has 0 unspecified atom stereocenters. The van der Waals surface area contributed by atoms with Gasteiger partial charge < -0.3 is 4.52 Å². The predicted octanol–water partition coefficient (Wildman–Crippen LogP) is 3.42. The molecule has 2 heterocycles. The Morgan fingerprint density at radius 1 is 1.22 bits per heavy atom. The second-order valence-corrected chi connectivity index (χ2v) is 4.38. The fourth-order valence-corrected chi connectivity index (χ4v) is 1.95. The SMILES string of the molecule is BrCc1cc(-c2cnn(-c3ccccc3)c2)no1. The van der Waals surface area contributed by atoms with E-state index in [1.54, 1.807) is 6.20 Å². The van der Waals surface area contributed by atoms with Crippen molar-refractivity contribution in [3.63, 3.8) is 0 Å². The average molecular weight is 304 g/mol. The first kappa shape index (κ1) is 11.2. The van der Waals surface area contributed by atoms with Crippen LogP contribution in [0.5, 0.6) is 0 Å². The van der Waals surface area contributed by atoms with Crippen molar-refractivity contribution in [2.45, 2.75) is 5.33 Å². The molecule has 3 rings (SSSR count). The van der Waals surface area contributed by atoms with Crippen LogP contribution in [-0.4, -0.2) is 14.9 Å². The minimum absolute atomic E-state index is 0.660. The molecule has 0 bridgehead atoms. The highest BCUT2D eigenvalue weighted by Gasteiger charge is 2.08. The lowest BCUT2D eigenvalue weighted by Gasteiger charge is -1.98. The van der Waals surface area contributed by atoms with Gasteiger partial charge in [0, 0.05) is 17.8 Å². The number of rotatable bonds is 3. The number of hydrogen-bond acceptors (Lipinski definition) is 3.